The molecule has 2 aromatic rings. The van der Waals surface area contributed by atoms with Gasteiger partial charge in [0, 0.05) is 19.0 Å². The maximum atomic E-state index is 14.2. The van der Waals surface area contributed by atoms with E-state index >= 15 is 0 Å². The van der Waals surface area contributed by atoms with Crippen LogP contribution in [0.5, 0.6) is 5.75 Å². The summed E-state index contributed by atoms with van der Waals surface area (Å²) >= 11 is 0. The molecule has 0 amide bonds. The van der Waals surface area contributed by atoms with E-state index in [1.54, 1.807) is 18.2 Å². The number of carbonyl (C=O) groups is 1. The molecule has 0 aromatic heterocycles. The van der Waals surface area contributed by atoms with E-state index in [1.165, 1.54) is 12.1 Å². The molecule has 4 rings (SSSR count). The van der Waals surface area contributed by atoms with E-state index in [0.29, 0.717) is 11.9 Å². The van der Waals surface area contributed by atoms with E-state index in [0.717, 1.165) is 31.4 Å². The van der Waals surface area contributed by atoms with Crippen LogP contribution in [0.1, 0.15) is 75.5 Å². The molecule has 1 aliphatic heterocycles. The number of ether oxygens (including phenoxy) is 1. The van der Waals surface area contributed by atoms with Gasteiger partial charge in [-0.1, -0.05) is 25.1 Å². The van der Waals surface area contributed by atoms with E-state index in [1.807, 2.05) is 6.92 Å². The van der Waals surface area contributed by atoms with Gasteiger partial charge in [0.05, 0.1) is 12.0 Å². The van der Waals surface area contributed by atoms with Crippen molar-refractivity contribution in [3.8, 4) is 5.75 Å². The highest BCUT2D eigenvalue weighted by Gasteiger charge is 2.43. The van der Waals surface area contributed by atoms with E-state index in [9.17, 15) is 36.2 Å². The third-order valence-corrected chi connectivity index (χ3v) is 7.95. The van der Waals surface area contributed by atoms with Gasteiger partial charge in [0.25, 0.3) is 0 Å². The summed E-state index contributed by atoms with van der Waals surface area (Å²) < 4.78 is 87.3. The summed E-state index contributed by atoms with van der Waals surface area (Å²) in [7, 11) is 0. The zero-order valence-electron chi connectivity index (χ0n) is 21.2. The van der Waals surface area contributed by atoms with Crippen molar-refractivity contribution < 1.29 is 41.0 Å². The predicted molar refractivity (Wildman–Crippen MR) is 131 cm³/mol. The van der Waals surface area contributed by atoms with Crippen LogP contribution in [0.25, 0.3) is 10.8 Å². The molecule has 2 fully saturated rings. The molecule has 2 unspecified atom stereocenters. The molecule has 1 saturated carbocycles. The van der Waals surface area contributed by atoms with Gasteiger partial charge in [0.15, 0.2) is 0 Å². The van der Waals surface area contributed by atoms with Gasteiger partial charge in [0.1, 0.15) is 11.3 Å². The molecule has 10 heteroatoms. The third-order valence-electron chi connectivity index (χ3n) is 7.95. The van der Waals surface area contributed by atoms with Crippen molar-refractivity contribution in [1.82, 2.24) is 4.90 Å². The summed E-state index contributed by atoms with van der Waals surface area (Å²) in [5, 5.41) is 9.57. The minimum absolute atomic E-state index is 0.0139. The van der Waals surface area contributed by atoms with Crippen LogP contribution in [0.4, 0.5) is 26.3 Å². The number of benzene rings is 2. The van der Waals surface area contributed by atoms with E-state index in [2.05, 4.69) is 4.90 Å². The Balaban J connectivity index is 1.58. The van der Waals surface area contributed by atoms with Crippen LogP contribution < -0.4 is 4.74 Å². The SMILES string of the molecule is CCC(c1ccc2c(C(F)(F)F)c(OC3CCC(C(F)(F)F)CC3)ccc2c1)N1CCCC(CC(=O)O)C1. The number of likely N-dealkylation sites (tertiary alicyclic amines) is 1. The van der Waals surface area contributed by atoms with Crippen molar-refractivity contribution in [2.45, 2.75) is 82.8 Å². The highest BCUT2D eigenvalue weighted by Crippen LogP contribution is 2.44. The Morgan fingerprint density at radius 1 is 1.05 bits per heavy atom. The quantitative estimate of drug-likeness (QED) is 0.358. The molecule has 38 heavy (non-hydrogen) atoms. The Labute approximate surface area is 217 Å². The zero-order chi connectivity index (χ0) is 27.7. The lowest BCUT2D eigenvalue weighted by atomic mass is 9.87. The Hall–Kier alpha value is -2.49. The number of hydrogen-bond acceptors (Lipinski definition) is 3. The number of alkyl halides is 6. The molecule has 0 bridgehead atoms. The largest absolute Gasteiger partial charge is 0.490 e. The first-order valence-electron chi connectivity index (χ1n) is 13.2. The van der Waals surface area contributed by atoms with Crippen LogP contribution in [0.15, 0.2) is 30.3 Å². The first-order chi connectivity index (χ1) is 17.9. The predicted octanol–water partition coefficient (Wildman–Crippen LogP) is 8.00. The molecule has 2 aromatic carbocycles. The van der Waals surface area contributed by atoms with Gasteiger partial charge in [-0.05, 0) is 85.9 Å². The average Bonchev–Trinajstić information content (AvgIpc) is 2.83. The van der Waals surface area contributed by atoms with Crippen LogP contribution in [-0.4, -0.2) is 41.3 Å². The first-order valence-corrected chi connectivity index (χ1v) is 13.2. The van der Waals surface area contributed by atoms with Gasteiger partial charge < -0.3 is 9.84 Å². The van der Waals surface area contributed by atoms with Gasteiger partial charge in [0.2, 0.25) is 0 Å². The minimum atomic E-state index is -4.71. The number of hydrogen-bond donors (Lipinski definition) is 1. The van der Waals surface area contributed by atoms with Gasteiger partial charge in [-0.2, -0.15) is 26.3 Å². The molecular formula is C28H33F6NO3. The van der Waals surface area contributed by atoms with Crippen molar-refractivity contribution in [3.63, 3.8) is 0 Å². The van der Waals surface area contributed by atoms with Crippen molar-refractivity contribution in [3.05, 3.63) is 41.5 Å². The summed E-state index contributed by atoms with van der Waals surface area (Å²) in [6, 6.07) is 7.67. The fraction of sp³-hybridized carbons (Fsp3) is 0.607. The Kier molecular flexibility index (Phi) is 8.49. The summed E-state index contributed by atoms with van der Waals surface area (Å²) in [6.07, 6.45) is -7.40. The summed E-state index contributed by atoms with van der Waals surface area (Å²) in [6.45, 7) is 3.42. The Bertz CT molecular complexity index is 1120. The number of halogens is 6. The number of fused-ring (bicyclic) bond motifs is 1. The number of rotatable bonds is 7. The summed E-state index contributed by atoms with van der Waals surface area (Å²) in [5.41, 5.74) is -0.0460. The Morgan fingerprint density at radius 3 is 2.37 bits per heavy atom. The molecule has 1 heterocycles. The highest BCUT2D eigenvalue weighted by atomic mass is 19.4. The smallest absolute Gasteiger partial charge is 0.420 e. The van der Waals surface area contributed by atoms with Crippen LogP contribution in [0.2, 0.25) is 0 Å². The average molecular weight is 546 g/mol. The minimum Gasteiger partial charge on any atom is -0.490 e. The topological polar surface area (TPSA) is 49.8 Å². The molecule has 210 valence electrons. The molecule has 1 aliphatic carbocycles. The normalized spacial score (nSPS) is 24.3. The standard InChI is InChI=1S/C28H33F6NO3/c1-2-23(35-13-3-4-17(16-35)14-25(36)37)19-5-11-22-18(15-19)6-12-24(26(22)28(32,33)34)38-21-9-7-20(8-10-21)27(29,30)31/h5-6,11-12,15,17,20-21,23H,2-4,7-10,13-14,16H2,1H3,(H,36,37). The second-order valence-corrected chi connectivity index (χ2v) is 10.6. The third kappa shape index (κ3) is 6.55. The molecule has 1 N–H and O–H groups in total. The molecule has 0 radical (unpaired) electrons. The van der Waals surface area contributed by atoms with Crippen molar-refractivity contribution in [2.24, 2.45) is 11.8 Å². The van der Waals surface area contributed by atoms with Crippen LogP contribution in [-0.2, 0) is 11.0 Å². The lowest BCUT2D eigenvalue weighted by Crippen LogP contribution is -2.38. The first kappa shape index (κ1) is 28.5. The molecule has 0 spiro atoms. The van der Waals surface area contributed by atoms with Gasteiger partial charge in [-0.3, -0.25) is 9.69 Å². The highest BCUT2D eigenvalue weighted by molar-refractivity contribution is 5.89. The fourth-order valence-electron chi connectivity index (χ4n) is 6.11. The summed E-state index contributed by atoms with van der Waals surface area (Å²) in [4.78, 5) is 13.4. The van der Waals surface area contributed by atoms with Crippen molar-refractivity contribution in [1.29, 1.82) is 0 Å². The second-order valence-electron chi connectivity index (χ2n) is 10.6. The van der Waals surface area contributed by atoms with Crippen LogP contribution >= 0.6 is 0 Å². The van der Waals surface area contributed by atoms with Gasteiger partial charge >= 0.3 is 18.3 Å². The van der Waals surface area contributed by atoms with E-state index < -0.39 is 35.9 Å². The molecular weight excluding hydrogens is 512 g/mol. The fourth-order valence-corrected chi connectivity index (χ4v) is 6.11. The molecule has 1 saturated heterocycles. The number of aliphatic carboxylic acids is 1. The number of carboxylic acid groups (broad SMARTS) is 1. The molecule has 2 atom stereocenters. The van der Waals surface area contributed by atoms with Gasteiger partial charge in [-0.15, -0.1) is 0 Å². The van der Waals surface area contributed by atoms with E-state index in [4.69, 9.17) is 4.74 Å². The lowest BCUT2D eigenvalue weighted by molar-refractivity contribution is -0.185. The van der Waals surface area contributed by atoms with Crippen LogP contribution in [0.3, 0.4) is 0 Å². The number of piperidine rings is 1. The maximum absolute atomic E-state index is 14.2. The monoisotopic (exact) mass is 545 g/mol. The molecule has 4 nitrogen and oxygen atoms in total. The Morgan fingerprint density at radius 2 is 1.76 bits per heavy atom. The molecule has 2 aliphatic rings. The van der Waals surface area contributed by atoms with Gasteiger partial charge in [-0.25, -0.2) is 0 Å². The van der Waals surface area contributed by atoms with E-state index in [-0.39, 0.29) is 55.2 Å². The van der Waals surface area contributed by atoms with Crippen molar-refractivity contribution in [2.75, 3.05) is 13.1 Å². The second kappa shape index (κ2) is 11.3. The van der Waals surface area contributed by atoms with Crippen LogP contribution in [0, 0.1) is 11.8 Å². The summed E-state index contributed by atoms with van der Waals surface area (Å²) in [5.74, 6) is -2.58. The number of nitrogens with zero attached hydrogens (tertiary/aromatic N) is 1. The lowest BCUT2D eigenvalue weighted by Gasteiger charge is -2.38. The zero-order valence-corrected chi connectivity index (χ0v) is 21.2. The van der Waals surface area contributed by atoms with Crippen molar-refractivity contribution >= 4 is 16.7 Å². The maximum Gasteiger partial charge on any atom is 0.420 e. The number of carboxylic acids is 1.